The van der Waals surface area contributed by atoms with Crippen LogP contribution in [0.2, 0.25) is 5.15 Å². The third-order valence-corrected chi connectivity index (χ3v) is 4.13. The van der Waals surface area contributed by atoms with E-state index in [1.54, 1.807) is 18.5 Å². The molecule has 1 aliphatic heterocycles. The molecule has 6 nitrogen and oxygen atoms in total. The van der Waals surface area contributed by atoms with Crippen molar-refractivity contribution in [3.8, 4) is 0 Å². The van der Waals surface area contributed by atoms with E-state index < -0.39 is 0 Å². The monoisotopic (exact) mass is 331 g/mol. The molecular formula is C16H18ClN5O. The van der Waals surface area contributed by atoms with Gasteiger partial charge in [0.25, 0.3) is 0 Å². The molecular weight excluding hydrogens is 314 g/mol. The molecule has 0 radical (unpaired) electrons. The van der Waals surface area contributed by atoms with Gasteiger partial charge in [-0.3, -0.25) is 9.78 Å². The average molecular weight is 332 g/mol. The predicted octanol–water partition coefficient (Wildman–Crippen LogP) is 2.06. The lowest BCUT2D eigenvalue weighted by Crippen LogP contribution is -2.43. The lowest BCUT2D eigenvalue weighted by molar-refractivity contribution is -0.125. The molecule has 23 heavy (non-hydrogen) atoms. The van der Waals surface area contributed by atoms with Gasteiger partial charge in [-0.25, -0.2) is 0 Å². The third-order valence-electron chi connectivity index (χ3n) is 3.92. The zero-order valence-electron chi connectivity index (χ0n) is 12.7. The van der Waals surface area contributed by atoms with Gasteiger partial charge in [-0.1, -0.05) is 17.7 Å². The molecule has 1 atom stereocenters. The fourth-order valence-corrected chi connectivity index (χ4v) is 2.81. The van der Waals surface area contributed by atoms with Crippen LogP contribution in [0.15, 0.2) is 36.7 Å². The molecule has 7 heteroatoms. The van der Waals surface area contributed by atoms with Crippen LogP contribution in [0.1, 0.15) is 18.4 Å². The summed E-state index contributed by atoms with van der Waals surface area (Å²) in [6.07, 6.45) is 5.32. The fourth-order valence-electron chi connectivity index (χ4n) is 2.71. The molecule has 0 bridgehead atoms. The molecule has 1 aliphatic rings. The molecule has 2 aromatic heterocycles. The van der Waals surface area contributed by atoms with Crippen LogP contribution in [0.4, 0.5) is 5.82 Å². The summed E-state index contributed by atoms with van der Waals surface area (Å²) in [7, 11) is 0. The van der Waals surface area contributed by atoms with E-state index in [0.29, 0.717) is 18.2 Å². The number of halogens is 1. The molecule has 0 aromatic carbocycles. The molecule has 3 heterocycles. The van der Waals surface area contributed by atoms with Gasteiger partial charge in [-0.2, -0.15) is 0 Å². The highest BCUT2D eigenvalue weighted by Gasteiger charge is 2.26. The minimum atomic E-state index is -0.0436. The van der Waals surface area contributed by atoms with E-state index in [2.05, 4.69) is 25.4 Å². The average Bonchev–Trinajstić information content (AvgIpc) is 2.61. The van der Waals surface area contributed by atoms with E-state index in [4.69, 9.17) is 11.6 Å². The number of aromatic nitrogens is 3. The summed E-state index contributed by atoms with van der Waals surface area (Å²) >= 11 is 5.77. The van der Waals surface area contributed by atoms with E-state index >= 15 is 0 Å². The summed E-state index contributed by atoms with van der Waals surface area (Å²) in [4.78, 5) is 18.5. The number of nitrogens with one attached hydrogen (secondary N) is 1. The van der Waals surface area contributed by atoms with Gasteiger partial charge in [0.1, 0.15) is 0 Å². The SMILES string of the molecule is O=C(NCc1cccnc1)C1CCCN(c2ccc(Cl)nn2)C1. The van der Waals surface area contributed by atoms with Crippen molar-refractivity contribution in [2.24, 2.45) is 5.92 Å². The Labute approximate surface area is 139 Å². The van der Waals surface area contributed by atoms with E-state index in [9.17, 15) is 4.79 Å². The Kier molecular flexibility index (Phi) is 5.02. The fraction of sp³-hybridized carbons (Fsp3) is 0.375. The van der Waals surface area contributed by atoms with Crippen LogP contribution < -0.4 is 10.2 Å². The molecule has 1 saturated heterocycles. The van der Waals surface area contributed by atoms with Crippen LogP contribution in [0, 0.1) is 5.92 Å². The van der Waals surface area contributed by atoms with Gasteiger partial charge in [0, 0.05) is 32.0 Å². The van der Waals surface area contributed by atoms with Crippen LogP contribution in [-0.4, -0.2) is 34.2 Å². The summed E-state index contributed by atoms with van der Waals surface area (Å²) in [5.41, 5.74) is 0.997. The number of carbonyl (C=O) groups is 1. The van der Waals surface area contributed by atoms with Crippen LogP contribution in [0.3, 0.4) is 0 Å². The van der Waals surface area contributed by atoms with Gasteiger partial charge in [0.15, 0.2) is 11.0 Å². The number of amides is 1. The van der Waals surface area contributed by atoms with Crippen molar-refractivity contribution in [1.82, 2.24) is 20.5 Å². The number of rotatable bonds is 4. The molecule has 1 unspecified atom stereocenters. The largest absolute Gasteiger partial charge is 0.354 e. The minimum Gasteiger partial charge on any atom is -0.354 e. The smallest absolute Gasteiger partial charge is 0.225 e. The van der Waals surface area contributed by atoms with Crippen molar-refractivity contribution in [2.75, 3.05) is 18.0 Å². The molecule has 2 aromatic rings. The van der Waals surface area contributed by atoms with E-state index in [-0.39, 0.29) is 11.8 Å². The topological polar surface area (TPSA) is 71.0 Å². The second-order valence-electron chi connectivity index (χ2n) is 5.58. The summed E-state index contributed by atoms with van der Waals surface area (Å²) in [5.74, 6) is 0.789. The molecule has 3 rings (SSSR count). The Hall–Kier alpha value is -2.21. The molecule has 120 valence electrons. The summed E-state index contributed by atoms with van der Waals surface area (Å²) in [6.45, 7) is 2.03. The number of pyridine rings is 1. The lowest BCUT2D eigenvalue weighted by atomic mass is 9.97. The zero-order valence-corrected chi connectivity index (χ0v) is 13.4. The van der Waals surface area contributed by atoms with Gasteiger partial charge in [0.2, 0.25) is 5.91 Å². The normalized spacial score (nSPS) is 17.8. The molecule has 1 fully saturated rings. The number of nitrogens with zero attached hydrogens (tertiary/aromatic N) is 4. The maximum atomic E-state index is 12.4. The van der Waals surface area contributed by atoms with Gasteiger partial charge >= 0.3 is 0 Å². The lowest BCUT2D eigenvalue weighted by Gasteiger charge is -2.32. The van der Waals surface area contributed by atoms with Gasteiger partial charge in [-0.15, -0.1) is 10.2 Å². The zero-order chi connectivity index (χ0) is 16.1. The molecule has 0 aliphatic carbocycles. The second-order valence-corrected chi connectivity index (χ2v) is 5.97. The Morgan fingerprint density at radius 1 is 1.35 bits per heavy atom. The van der Waals surface area contributed by atoms with E-state index in [1.807, 2.05) is 18.2 Å². The van der Waals surface area contributed by atoms with Crippen molar-refractivity contribution in [2.45, 2.75) is 19.4 Å². The molecule has 0 saturated carbocycles. The molecule has 0 spiro atoms. The summed E-state index contributed by atoms with van der Waals surface area (Å²) in [6, 6.07) is 7.37. The Bertz CT molecular complexity index is 649. The summed E-state index contributed by atoms with van der Waals surface area (Å²) in [5, 5.41) is 11.3. The van der Waals surface area contributed by atoms with Gasteiger partial charge in [0.05, 0.1) is 5.92 Å². The predicted molar refractivity (Wildman–Crippen MR) is 88.1 cm³/mol. The first-order chi connectivity index (χ1) is 11.2. The number of hydrogen-bond donors (Lipinski definition) is 1. The van der Waals surface area contributed by atoms with Crippen molar-refractivity contribution >= 4 is 23.3 Å². The quantitative estimate of drug-likeness (QED) is 0.928. The first kappa shape index (κ1) is 15.7. The number of hydrogen-bond acceptors (Lipinski definition) is 5. The first-order valence-electron chi connectivity index (χ1n) is 7.63. The van der Waals surface area contributed by atoms with Gasteiger partial charge in [-0.05, 0) is 36.6 Å². The van der Waals surface area contributed by atoms with Gasteiger partial charge < -0.3 is 10.2 Å². The van der Waals surface area contributed by atoms with Crippen LogP contribution >= 0.6 is 11.6 Å². The highest BCUT2D eigenvalue weighted by molar-refractivity contribution is 6.29. The van der Waals surface area contributed by atoms with Crippen molar-refractivity contribution in [1.29, 1.82) is 0 Å². The highest BCUT2D eigenvalue weighted by atomic mass is 35.5. The highest BCUT2D eigenvalue weighted by Crippen LogP contribution is 2.22. The molecule has 1 amide bonds. The first-order valence-corrected chi connectivity index (χ1v) is 8.01. The maximum Gasteiger partial charge on any atom is 0.225 e. The minimum absolute atomic E-state index is 0.0436. The number of piperidine rings is 1. The van der Waals surface area contributed by atoms with E-state index in [1.165, 1.54) is 0 Å². The maximum absolute atomic E-state index is 12.4. The van der Waals surface area contributed by atoms with Crippen LogP contribution in [0.25, 0.3) is 0 Å². The van der Waals surface area contributed by atoms with Crippen LogP contribution in [-0.2, 0) is 11.3 Å². The van der Waals surface area contributed by atoms with Crippen LogP contribution in [0.5, 0.6) is 0 Å². The number of anilines is 1. The third kappa shape index (κ3) is 4.16. The number of carbonyl (C=O) groups excluding carboxylic acids is 1. The summed E-state index contributed by atoms with van der Waals surface area (Å²) < 4.78 is 0. The standard InChI is InChI=1S/C16H18ClN5O/c17-14-5-6-15(21-20-14)22-8-2-4-13(11-22)16(23)19-10-12-3-1-7-18-9-12/h1,3,5-7,9,13H,2,4,8,10-11H2,(H,19,23). The Morgan fingerprint density at radius 2 is 2.26 bits per heavy atom. The molecule has 1 N–H and O–H groups in total. The van der Waals surface area contributed by atoms with Crippen molar-refractivity contribution < 1.29 is 4.79 Å². The van der Waals surface area contributed by atoms with Crippen molar-refractivity contribution in [3.05, 3.63) is 47.4 Å². The second kappa shape index (κ2) is 7.37. The van der Waals surface area contributed by atoms with E-state index in [0.717, 1.165) is 30.8 Å². The Balaban J connectivity index is 1.57. The Morgan fingerprint density at radius 3 is 3.00 bits per heavy atom. The van der Waals surface area contributed by atoms with Crippen molar-refractivity contribution in [3.63, 3.8) is 0 Å².